The Morgan fingerprint density at radius 1 is 1.28 bits per heavy atom. The van der Waals surface area contributed by atoms with Crippen molar-refractivity contribution in [1.29, 1.82) is 0 Å². The zero-order valence-electron chi connectivity index (χ0n) is 21.5. The Hall–Kier alpha value is -2.62. The number of ether oxygens (including phenoxy) is 1. The molecule has 0 saturated carbocycles. The Labute approximate surface area is 212 Å². The first-order valence-electron chi connectivity index (χ1n) is 13.1. The average molecular weight is 500 g/mol. The molecule has 1 saturated heterocycles. The molecule has 0 amide bonds. The number of aromatic nitrogens is 4. The zero-order valence-corrected chi connectivity index (χ0v) is 21.5. The molecule has 36 heavy (non-hydrogen) atoms. The van der Waals surface area contributed by atoms with Gasteiger partial charge in [0.2, 0.25) is 0 Å². The lowest BCUT2D eigenvalue weighted by Crippen LogP contribution is -2.53. The summed E-state index contributed by atoms with van der Waals surface area (Å²) < 4.78 is 23.1. The summed E-state index contributed by atoms with van der Waals surface area (Å²) in [6, 6.07) is 4.12. The number of aliphatic hydroxyl groups excluding tert-OH is 1. The maximum absolute atomic E-state index is 14.1. The van der Waals surface area contributed by atoms with E-state index in [-0.39, 0.29) is 36.2 Å². The summed E-state index contributed by atoms with van der Waals surface area (Å²) in [7, 11) is 0. The fourth-order valence-corrected chi connectivity index (χ4v) is 5.35. The number of hydrogen-bond acceptors (Lipinski definition) is 6. The van der Waals surface area contributed by atoms with Crippen LogP contribution >= 0.6 is 0 Å². The summed E-state index contributed by atoms with van der Waals surface area (Å²) in [5.74, 6) is 0.491. The first-order chi connectivity index (χ1) is 17.4. The Kier molecular flexibility index (Phi) is 8.87. The molecule has 2 aromatic heterocycles. The molecule has 4 atom stereocenters. The van der Waals surface area contributed by atoms with Crippen molar-refractivity contribution in [2.45, 2.75) is 90.3 Å². The summed E-state index contributed by atoms with van der Waals surface area (Å²) >= 11 is 0. The molecule has 0 spiro atoms. The van der Waals surface area contributed by atoms with Gasteiger partial charge in [-0.15, -0.1) is 5.10 Å². The highest BCUT2D eigenvalue weighted by molar-refractivity contribution is 5.52. The van der Waals surface area contributed by atoms with Crippen LogP contribution in [0, 0.1) is 0 Å². The van der Waals surface area contributed by atoms with Gasteiger partial charge in [-0.25, -0.2) is 13.9 Å². The molecule has 1 N–H and O–H groups in total. The molecule has 3 heterocycles. The van der Waals surface area contributed by atoms with E-state index in [2.05, 4.69) is 28.8 Å². The number of hydrogen-bond donors (Lipinski definition) is 1. The van der Waals surface area contributed by atoms with Gasteiger partial charge in [0.1, 0.15) is 5.83 Å². The minimum atomic E-state index is -0.745. The Balaban J connectivity index is 1.38. The van der Waals surface area contributed by atoms with Crippen molar-refractivity contribution in [2.75, 3.05) is 13.2 Å². The van der Waals surface area contributed by atoms with Gasteiger partial charge in [-0.05, 0) is 51.7 Å². The van der Waals surface area contributed by atoms with Gasteiger partial charge in [0, 0.05) is 55.1 Å². The van der Waals surface area contributed by atoms with Crippen molar-refractivity contribution in [3.05, 3.63) is 58.6 Å². The zero-order chi connectivity index (χ0) is 25.7. The predicted octanol–water partition coefficient (Wildman–Crippen LogP) is 3.71. The first-order valence-corrected chi connectivity index (χ1v) is 13.1. The van der Waals surface area contributed by atoms with Crippen molar-refractivity contribution < 1.29 is 14.2 Å². The Bertz CT molecular complexity index is 1130. The van der Waals surface area contributed by atoms with E-state index in [1.54, 1.807) is 17.0 Å². The Morgan fingerprint density at radius 3 is 2.81 bits per heavy atom. The van der Waals surface area contributed by atoms with Crippen LogP contribution in [0.15, 0.2) is 52.9 Å². The lowest BCUT2D eigenvalue weighted by atomic mass is 9.91. The van der Waals surface area contributed by atoms with Crippen LogP contribution in [-0.2, 0) is 17.8 Å². The molecule has 8 nitrogen and oxygen atoms in total. The van der Waals surface area contributed by atoms with E-state index >= 15 is 0 Å². The van der Waals surface area contributed by atoms with Crippen molar-refractivity contribution in [3.8, 4) is 11.4 Å². The maximum Gasteiger partial charge on any atom is 0.346 e. The van der Waals surface area contributed by atoms with Crippen molar-refractivity contribution in [1.82, 2.24) is 24.2 Å². The molecule has 9 heteroatoms. The van der Waals surface area contributed by atoms with E-state index in [0.29, 0.717) is 37.5 Å². The van der Waals surface area contributed by atoms with Gasteiger partial charge in [-0.1, -0.05) is 19.1 Å². The van der Waals surface area contributed by atoms with Crippen LogP contribution in [0.1, 0.15) is 52.9 Å². The van der Waals surface area contributed by atoms with Crippen LogP contribution in [0.25, 0.3) is 11.4 Å². The van der Waals surface area contributed by atoms with Gasteiger partial charge in [0.05, 0.1) is 25.4 Å². The van der Waals surface area contributed by atoms with Crippen LogP contribution in [0.3, 0.4) is 0 Å². The molecule has 0 bridgehead atoms. The lowest BCUT2D eigenvalue weighted by Gasteiger charge is -2.44. The summed E-state index contributed by atoms with van der Waals surface area (Å²) in [6.07, 6.45) is 10.3. The third-order valence-corrected chi connectivity index (χ3v) is 7.28. The quantitative estimate of drug-likeness (QED) is 0.537. The van der Waals surface area contributed by atoms with E-state index in [9.17, 15) is 14.3 Å². The van der Waals surface area contributed by atoms with Gasteiger partial charge in [0.15, 0.2) is 5.82 Å². The molecule has 0 aromatic carbocycles. The number of pyridine rings is 1. The van der Waals surface area contributed by atoms with E-state index in [1.165, 1.54) is 4.68 Å². The van der Waals surface area contributed by atoms with Crippen molar-refractivity contribution >= 4 is 0 Å². The van der Waals surface area contributed by atoms with E-state index in [4.69, 9.17) is 4.74 Å². The summed E-state index contributed by atoms with van der Waals surface area (Å²) in [5, 5.41) is 15.5. The van der Waals surface area contributed by atoms with Crippen LogP contribution in [-0.4, -0.2) is 66.8 Å². The van der Waals surface area contributed by atoms with Gasteiger partial charge in [0.25, 0.3) is 0 Å². The van der Waals surface area contributed by atoms with Gasteiger partial charge >= 0.3 is 5.69 Å². The number of likely N-dealkylation sites (tertiary alicyclic amines) is 1. The van der Waals surface area contributed by atoms with Crippen molar-refractivity contribution in [3.63, 3.8) is 0 Å². The van der Waals surface area contributed by atoms with Gasteiger partial charge in [-0.3, -0.25) is 14.5 Å². The molecule has 4 rings (SSSR count). The van der Waals surface area contributed by atoms with Crippen LogP contribution in [0.4, 0.5) is 4.39 Å². The minimum Gasteiger partial charge on any atom is -0.390 e. The molecule has 1 fully saturated rings. The summed E-state index contributed by atoms with van der Waals surface area (Å²) in [5.41, 5.74) is 1.19. The SMILES string of the molecule is CCC1CC(OCC2=C(F)CCC=C2)CC(C)N1CC(O)Cn1nc(-c2cccnc2)n(CC)c1=O. The number of nitrogens with zero attached hydrogens (tertiary/aromatic N) is 5. The number of allylic oxidation sites excluding steroid dienone is 2. The normalized spacial score (nSPS) is 23.9. The molecule has 1 aliphatic heterocycles. The van der Waals surface area contributed by atoms with Gasteiger partial charge < -0.3 is 9.84 Å². The number of piperidine rings is 1. The van der Waals surface area contributed by atoms with Crippen molar-refractivity contribution in [2.24, 2.45) is 0 Å². The molecule has 2 aromatic rings. The fraction of sp³-hybridized carbons (Fsp3) is 0.593. The highest BCUT2D eigenvalue weighted by Gasteiger charge is 2.34. The second-order valence-electron chi connectivity index (χ2n) is 9.81. The smallest absolute Gasteiger partial charge is 0.346 e. The number of β-amino-alcohol motifs (C(OH)–C–C–N with tert-alkyl or cyclic N) is 1. The molecular formula is C27H38FN5O3. The third-order valence-electron chi connectivity index (χ3n) is 7.28. The second kappa shape index (κ2) is 12.1. The molecule has 1 aliphatic carbocycles. The molecule has 4 unspecified atom stereocenters. The largest absolute Gasteiger partial charge is 0.390 e. The average Bonchev–Trinajstić information content (AvgIpc) is 3.20. The van der Waals surface area contributed by atoms with Crippen LogP contribution < -0.4 is 5.69 Å². The number of aliphatic hydroxyl groups is 1. The highest BCUT2D eigenvalue weighted by atomic mass is 19.1. The maximum atomic E-state index is 14.1. The van der Waals surface area contributed by atoms with Crippen LogP contribution in [0.2, 0.25) is 0 Å². The predicted molar refractivity (Wildman–Crippen MR) is 137 cm³/mol. The highest BCUT2D eigenvalue weighted by Crippen LogP contribution is 2.29. The van der Waals surface area contributed by atoms with Gasteiger partial charge in [-0.2, -0.15) is 0 Å². The molecule has 0 radical (unpaired) electrons. The topological polar surface area (TPSA) is 85.4 Å². The third kappa shape index (κ3) is 6.02. The van der Waals surface area contributed by atoms with E-state index in [1.807, 2.05) is 31.2 Å². The number of rotatable bonds is 10. The second-order valence-corrected chi connectivity index (χ2v) is 9.81. The van der Waals surface area contributed by atoms with E-state index < -0.39 is 6.10 Å². The van der Waals surface area contributed by atoms with Crippen LogP contribution in [0.5, 0.6) is 0 Å². The first kappa shape index (κ1) is 26.4. The number of halogens is 1. The molecule has 2 aliphatic rings. The lowest BCUT2D eigenvalue weighted by molar-refractivity contribution is -0.0473. The standard InChI is InChI=1S/C27H38FN5O3/c1-4-22-14-24(36-18-21-9-6-7-11-25(21)28)13-19(3)32(22)16-23(34)17-33-27(35)31(5-2)26(30-33)20-10-8-12-29-15-20/h6,8-10,12,15,19,22-24,34H,4-5,7,11,13-14,16-18H2,1-3H3. The Morgan fingerprint density at radius 2 is 2.11 bits per heavy atom. The van der Waals surface area contributed by atoms with E-state index in [0.717, 1.165) is 31.2 Å². The minimum absolute atomic E-state index is 0.0545. The summed E-state index contributed by atoms with van der Waals surface area (Å²) in [4.78, 5) is 19.4. The molecular weight excluding hydrogens is 461 g/mol. The fourth-order valence-electron chi connectivity index (χ4n) is 5.35. The molecule has 196 valence electrons. The summed E-state index contributed by atoms with van der Waals surface area (Å²) in [6.45, 7) is 7.54. The monoisotopic (exact) mass is 499 g/mol.